The summed E-state index contributed by atoms with van der Waals surface area (Å²) in [5.74, 6) is 5.91. The molecular formula is C22H20FNO2. The molecule has 0 saturated heterocycles. The van der Waals surface area contributed by atoms with Crippen LogP contribution in [-0.2, 0) is 4.74 Å². The number of carbonyl (C=O) groups excluding carboxylic acids is 1. The molecule has 1 aliphatic rings. The fraction of sp³-hybridized carbons (Fsp3) is 0.227. The lowest BCUT2D eigenvalue weighted by Gasteiger charge is -2.36. The summed E-state index contributed by atoms with van der Waals surface area (Å²) in [6.07, 6.45) is -0.429. The van der Waals surface area contributed by atoms with E-state index in [-0.39, 0.29) is 5.82 Å². The summed E-state index contributed by atoms with van der Waals surface area (Å²) >= 11 is 0. The molecule has 26 heavy (non-hydrogen) atoms. The lowest BCUT2D eigenvalue weighted by Crippen LogP contribution is -2.43. The van der Waals surface area contributed by atoms with E-state index in [0.717, 1.165) is 16.7 Å². The SMILES string of the molecule is CC(C)(C)OC(=O)N1CC(C#Cc2ccccc2)=C1c1ccc(F)cc1. The van der Waals surface area contributed by atoms with Crippen molar-refractivity contribution in [1.82, 2.24) is 4.90 Å². The van der Waals surface area contributed by atoms with Crippen LogP contribution in [0.4, 0.5) is 9.18 Å². The van der Waals surface area contributed by atoms with Crippen molar-refractivity contribution < 1.29 is 13.9 Å². The van der Waals surface area contributed by atoms with E-state index in [4.69, 9.17) is 4.74 Å². The van der Waals surface area contributed by atoms with Gasteiger partial charge in [0.15, 0.2) is 0 Å². The molecule has 0 bridgehead atoms. The lowest BCUT2D eigenvalue weighted by atomic mass is 9.97. The van der Waals surface area contributed by atoms with Gasteiger partial charge in [-0.05, 0) is 62.7 Å². The van der Waals surface area contributed by atoms with Gasteiger partial charge in [-0.15, -0.1) is 0 Å². The molecule has 132 valence electrons. The molecule has 3 rings (SSSR count). The smallest absolute Gasteiger partial charge is 0.415 e. The van der Waals surface area contributed by atoms with Crippen molar-refractivity contribution in [3.8, 4) is 11.8 Å². The molecule has 3 nitrogen and oxygen atoms in total. The van der Waals surface area contributed by atoms with Crippen molar-refractivity contribution in [3.05, 3.63) is 77.1 Å². The molecule has 0 radical (unpaired) electrons. The summed E-state index contributed by atoms with van der Waals surface area (Å²) in [7, 11) is 0. The van der Waals surface area contributed by atoms with E-state index in [9.17, 15) is 9.18 Å². The second kappa shape index (κ2) is 7.05. The van der Waals surface area contributed by atoms with Crippen LogP contribution in [-0.4, -0.2) is 23.1 Å². The van der Waals surface area contributed by atoms with E-state index in [1.54, 1.807) is 12.1 Å². The van der Waals surface area contributed by atoms with Gasteiger partial charge >= 0.3 is 6.09 Å². The zero-order valence-electron chi connectivity index (χ0n) is 15.0. The van der Waals surface area contributed by atoms with Crippen LogP contribution in [0.15, 0.2) is 60.2 Å². The molecule has 2 aromatic carbocycles. The van der Waals surface area contributed by atoms with Crippen molar-refractivity contribution in [1.29, 1.82) is 0 Å². The van der Waals surface area contributed by atoms with E-state index in [0.29, 0.717) is 12.2 Å². The van der Waals surface area contributed by atoms with Crippen molar-refractivity contribution in [2.24, 2.45) is 0 Å². The number of halogens is 1. The molecule has 0 fully saturated rings. The van der Waals surface area contributed by atoms with Crippen molar-refractivity contribution >= 4 is 11.8 Å². The third-order valence-corrected chi connectivity index (χ3v) is 3.74. The van der Waals surface area contributed by atoms with Gasteiger partial charge in [0.25, 0.3) is 0 Å². The first-order chi connectivity index (χ1) is 12.3. The summed E-state index contributed by atoms with van der Waals surface area (Å²) in [5.41, 5.74) is 2.54. The Hall–Kier alpha value is -3.06. The van der Waals surface area contributed by atoms with Crippen LogP contribution >= 0.6 is 0 Å². The molecule has 2 aromatic rings. The van der Waals surface area contributed by atoms with Crippen LogP contribution in [0.1, 0.15) is 31.9 Å². The number of amides is 1. The molecule has 1 amide bonds. The molecular weight excluding hydrogens is 329 g/mol. The van der Waals surface area contributed by atoms with Crippen LogP contribution in [0, 0.1) is 17.7 Å². The molecule has 0 saturated carbocycles. The summed E-state index contributed by atoms with van der Waals surface area (Å²) in [5, 5.41) is 0. The highest BCUT2D eigenvalue weighted by molar-refractivity contribution is 5.90. The molecule has 1 aliphatic heterocycles. The molecule has 0 aromatic heterocycles. The zero-order valence-corrected chi connectivity index (χ0v) is 15.0. The monoisotopic (exact) mass is 349 g/mol. The predicted octanol–water partition coefficient (Wildman–Crippen LogP) is 4.84. The molecule has 0 atom stereocenters. The maximum atomic E-state index is 13.3. The van der Waals surface area contributed by atoms with Crippen LogP contribution in [0.3, 0.4) is 0 Å². The maximum Gasteiger partial charge on any atom is 0.415 e. The number of nitrogens with zero attached hydrogens (tertiary/aromatic N) is 1. The van der Waals surface area contributed by atoms with Gasteiger partial charge in [0, 0.05) is 11.1 Å². The average molecular weight is 349 g/mol. The Bertz CT molecular complexity index is 897. The summed E-state index contributed by atoms with van der Waals surface area (Å²) in [6, 6.07) is 15.7. The third kappa shape index (κ3) is 4.12. The summed E-state index contributed by atoms with van der Waals surface area (Å²) < 4.78 is 18.7. The molecule has 0 spiro atoms. The number of hydrogen-bond donors (Lipinski definition) is 0. The van der Waals surface area contributed by atoms with Crippen molar-refractivity contribution in [2.45, 2.75) is 26.4 Å². The highest BCUT2D eigenvalue weighted by Crippen LogP contribution is 2.34. The van der Waals surface area contributed by atoms with Gasteiger partial charge in [0.2, 0.25) is 0 Å². The average Bonchev–Trinajstić information content (AvgIpc) is 2.55. The van der Waals surface area contributed by atoms with Crippen molar-refractivity contribution in [2.75, 3.05) is 6.54 Å². The van der Waals surface area contributed by atoms with Crippen LogP contribution < -0.4 is 0 Å². The fourth-order valence-corrected chi connectivity index (χ4v) is 2.56. The van der Waals surface area contributed by atoms with Crippen LogP contribution in [0.2, 0.25) is 0 Å². The van der Waals surface area contributed by atoms with E-state index >= 15 is 0 Å². The molecule has 0 unspecified atom stereocenters. The van der Waals surface area contributed by atoms with Gasteiger partial charge in [-0.3, -0.25) is 4.90 Å². The Balaban J connectivity index is 1.94. The topological polar surface area (TPSA) is 29.5 Å². The molecule has 1 heterocycles. The predicted molar refractivity (Wildman–Crippen MR) is 99.6 cm³/mol. The third-order valence-electron chi connectivity index (χ3n) is 3.74. The quantitative estimate of drug-likeness (QED) is 0.690. The largest absolute Gasteiger partial charge is 0.443 e. The standard InChI is InChI=1S/C22H20FNO2/c1-22(2,3)26-21(25)24-15-18(10-9-16-7-5-4-6-8-16)20(24)17-11-13-19(23)14-12-17/h4-8,11-14H,15H2,1-3H3. The molecule has 0 N–H and O–H groups in total. The van der Waals surface area contributed by atoms with Gasteiger partial charge < -0.3 is 4.74 Å². The molecule has 4 heteroatoms. The normalized spacial score (nSPS) is 13.6. The lowest BCUT2D eigenvalue weighted by molar-refractivity contribution is 0.0344. The minimum atomic E-state index is -0.587. The maximum absolute atomic E-state index is 13.3. The first-order valence-electron chi connectivity index (χ1n) is 8.40. The molecule has 0 aliphatic carbocycles. The Kier molecular flexibility index (Phi) is 4.81. The summed E-state index contributed by atoms with van der Waals surface area (Å²) in [6.45, 7) is 5.84. The number of hydrogen-bond acceptors (Lipinski definition) is 2. The van der Waals surface area contributed by atoms with Crippen LogP contribution in [0.5, 0.6) is 0 Å². The van der Waals surface area contributed by atoms with E-state index < -0.39 is 11.7 Å². The minimum absolute atomic E-state index is 0.325. The van der Waals surface area contributed by atoms with Gasteiger partial charge in [0.1, 0.15) is 11.4 Å². The second-order valence-corrected chi connectivity index (χ2v) is 7.02. The van der Waals surface area contributed by atoms with Gasteiger partial charge in [-0.25, -0.2) is 9.18 Å². The Labute approximate surface area is 153 Å². The highest BCUT2D eigenvalue weighted by atomic mass is 19.1. The fourth-order valence-electron chi connectivity index (χ4n) is 2.56. The number of benzene rings is 2. The Morgan fingerprint density at radius 2 is 1.69 bits per heavy atom. The number of rotatable bonds is 1. The first-order valence-corrected chi connectivity index (χ1v) is 8.40. The van der Waals surface area contributed by atoms with E-state index in [2.05, 4.69) is 11.8 Å². The van der Waals surface area contributed by atoms with Crippen LogP contribution in [0.25, 0.3) is 5.70 Å². The highest BCUT2D eigenvalue weighted by Gasteiger charge is 2.34. The zero-order chi connectivity index (χ0) is 18.7. The Morgan fingerprint density at radius 3 is 2.31 bits per heavy atom. The van der Waals surface area contributed by atoms with Gasteiger partial charge in [-0.1, -0.05) is 30.0 Å². The van der Waals surface area contributed by atoms with Crippen molar-refractivity contribution in [3.63, 3.8) is 0 Å². The van der Waals surface area contributed by atoms with E-state index in [1.165, 1.54) is 17.0 Å². The van der Waals surface area contributed by atoms with Gasteiger partial charge in [-0.2, -0.15) is 0 Å². The van der Waals surface area contributed by atoms with Gasteiger partial charge in [0.05, 0.1) is 12.2 Å². The number of ether oxygens (including phenoxy) is 1. The van der Waals surface area contributed by atoms with E-state index in [1.807, 2.05) is 51.1 Å². The summed E-state index contributed by atoms with van der Waals surface area (Å²) in [4.78, 5) is 14.0. The minimum Gasteiger partial charge on any atom is -0.443 e. The Morgan fingerprint density at radius 1 is 1.04 bits per heavy atom. The number of carbonyl (C=O) groups is 1. The first kappa shape index (κ1) is 17.8. The second-order valence-electron chi connectivity index (χ2n) is 7.02.